The van der Waals surface area contributed by atoms with Gasteiger partial charge in [-0.25, -0.2) is 8.42 Å². The Bertz CT molecular complexity index is 1530. The molecule has 0 N–H and O–H groups in total. The molecule has 40 heavy (non-hydrogen) atoms. The molecule has 0 spiro atoms. The molecule has 3 aromatic rings. The maximum Gasteiger partial charge on any atom is 0.264 e. The fraction of sp³-hybridized carbons (Fsp3) is 0.533. The van der Waals surface area contributed by atoms with Crippen LogP contribution in [0, 0.1) is 0 Å². The fourth-order valence-electron chi connectivity index (χ4n) is 6.63. The summed E-state index contributed by atoms with van der Waals surface area (Å²) in [6, 6.07) is 13.7. The molecule has 210 valence electrons. The van der Waals surface area contributed by atoms with Gasteiger partial charge in [0.05, 0.1) is 30.3 Å². The number of fused-ring (bicyclic) bond motifs is 1. The lowest BCUT2D eigenvalue weighted by molar-refractivity contribution is -0.0611. The van der Waals surface area contributed by atoms with Crippen molar-refractivity contribution in [2.75, 3.05) is 30.6 Å². The van der Waals surface area contributed by atoms with Crippen LogP contribution in [0.3, 0.4) is 0 Å². The Morgan fingerprint density at radius 2 is 2.02 bits per heavy atom. The van der Waals surface area contributed by atoms with E-state index in [-0.39, 0.29) is 5.41 Å². The van der Waals surface area contributed by atoms with Crippen molar-refractivity contribution < 1.29 is 13.2 Å². The van der Waals surface area contributed by atoms with E-state index in [4.69, 9.17) is 4.74 Å². The molecule has 1 saturated carbocycles. The minimum absolute atomic E-state index is 0.232. The molecule has 10 heteroatoms. The minimum atomic E-state index is -3.66. The van der Waals surface area contributed by atoms with Gasteiger partial charge in [0, 0.05) is 34.9 Å². The number of anilines is 1. The number of rotatable bonds is 7. The Morgan fingerprint density at radius 1 is 1.18 bits per heavy atom. The minimum Gasteiger partial charge on any atom is -0.379 e. The van der Waals surface area contributed by atoms with Crippen LogP contribution >= 0.6 is 0 Å². The first-order valence-corrected chi connectivity index (χ1v) is 17.2. The van der Waals surface area contributed by atoms with Crippen LogP contribution in [0.15, 0.2) is 47.6 Å². The van der Waals surface area contributed by atoms with Gasteiger partial charge in [-0.2, -0.15) is 0 Å². The average molecular weight is 576 g/mol. The van der Waals surface area contributed by atoms with Crippen LogP contribution in [-0.4, -0.2) is 63.9 Å². The third-order valence-electron chi connectivity index (χ3n) is 9.08. The Balaban J connectivity index is 1.21. The predicted molar refractivity (Wildman–Crippen MR) is 155 cm³/mol. The van der Waals surface area contributed by atoms with Crippen molar-refractivity contribution in [1.29, 1.82) is 0 Å². The standard InChI is InChI=1S/C30H37N5O3SSi/c1-21-15-34(9-4-10-40-21)16-22-11-26(23-7-8-23)27-17-35(39(36,37)28(27)12-22)25-6-3-5-24(13-25)30(18-38-19-30)14-29-32-31-20-33(29)2/h3,5-6,11-13,20-21,23H,4,7-10,14-19H2,1-2H3/t21-/m1/s1. The monoisotopic (exact) mass is 575 g/mol. The van der Waals surface area contributed by atoms with Crippen molar-refractivity contribution >= 4 is 25.2 Å². The van der Waals surface area contributed by atoms with Gasteiger partial charge in [-0.1, -0.05) is 31.2 Å². The predicted octanol–water partition coefficient (Wildman–Crippen LogP) is 4.05. The lowest BCUT2D eigenvalue weighted by Gasteiger charge is -2.42. The summed E-state index contributed by atoms with van der Waals surface area (Å²) in [6.07, 6.45) is 5.95. The van der Waals surface area contributed by atoms with E-state index < -0.39 is 10.0 Å². The zero-order chi connectivity index (χ0) is 27.5. The molecule has 2 radical (unpaired) electrons. The molecular weight excluding hydrogens is 539 g/mol. The maximum atomic E-state index is 14.1. The van der Waals surface area contributed by atoms with Crippen LogP contribution in [0.1, 0.15) is 60.2 Å². The van der Waals surface area contributed by atoms with Gasteiger partial charge in [0.1, 0.15) is 12.2 Å². The van der Waals surface area contributed by atoms with Crippen LogP contribution < -0.4 is 4.31 Å². The smallest absolute Gasteiger partial charge is 0.264 e. The number of nitrogens with zero attached hydrogens (tertiary/aromatic N) is 5. The van der Waals surface area contributed by atoms with Crippen molar-refractivity contribution in [3.63, 3.8) is 0 Å². The SMILES string of the molecule is C[C@@H]1CN(Cc2cc(C3CC3)c3c(c2)S(=O)(=O)N(c2cccc(C4(Cc5nncn5C)COC4)c2)C3)CCC[Si]1. The first-order chi connectivity index (χ1) is 19.3. The molecular formula is C30H37N5O3SSi. The molecule has 1 atom stereocenters. The van der Waals surface area contributed by atoms with Gasteiger partial charge < -0.3 is 9.30 Å². The average Bonchev–Trinajstić information content (AvgIpc) is 3.66. The summed E-state index contributed by atoms with van der Waals surface area (Å²) in [5, 5.41) is 8.34. The van der Waals surface area contributed by atoms with Gasteiger partial charge in [-0.05, 0) is 84.3 Å². The highest BCUT2D eigenvalue weighted by Crippen LogP contribution is 2.48. The second-order valence-electron chi connectivity index (χ2n) is 12.2. The van der Waals surface area contributed by atoms with Gasteiger partial charge in [0.25, 0.3) is 10.0 Å². The number of aromatic nitrogens is 3. The molecule has 2 aromatic carbocycles. The van der Waals surface area contributed by atoms with Crippen LogP contribution in [0.5, 0.6) is 0 Å². The van der Waals surface area contributed by atoms with Crippen molar-refractivity contribution in [2.24, 2.45) is 7.05 Å². The fourth-order valence-corrected chi connectivity index (χ4v) is 9.59. The number of aryl methyl sites for hydroxylation is 1. The summed E-state index contributed by atoms with van der Waals surface area (Å²) >= 11 is 0. The van der Waals surface area contributed by atoms with E-state index in [1.165, 1.54) is 18.0 Å². The molecule has 3 fully saturated rings. The Hall–Kier alpha value is -2.53. The third kappa shape index (κ3) is 4.72. The van der Waals surface area contributed by atoms with Crippen LogP contribution in [0.4, 0.5) is 5.69 Å². The van der Waals surface area contributed by atoms with Gasteiger partial charge in [0.2, 0.25) is 0 Å². The molecule has 0 unspecified atom stereocenters. The molecule has 2 saturated heterocycles. The topological polar surface area (TPSA) is 80.6 Å². The van der Waals surface area contributed by atoms with E-state index in [0.29, 0.717) is 42.5 Å². The van der Waals surface area contributed by atoms with Gasteiger partial charge in [0.15, 0.2) is 0 Å². The molecule has 0 bridgehead atoms. The van der Waals surface area contributed by atoms with Crippen molar-refractivity contribution in [1.82, 2.24) is 19.7 Å². The molecule has 4 aliphatic rings. The van der Waals surface area contributed by atoms with Crippen molar-refractivity contribution in [2.45, 2.75) is 73.5 Å². The summed E-state index contributed by atoms with van der Waals surface area (Å²) in [5.74, 6) is 1.39. The Morgan fingerprint density at radius 3 is 2.75 bits per heavy atom. The van der Waals surface area contributed by atoms with Gasteiger partial charge in [-0.15, -0.1) is 10.2 Å². The number of benzene rings is 2. The number of hydrogen-bond donors (Lipinski definition) is 0. The van der Waals surface area contributed by atoms with Crippen LogP contribution in [-0.2, 0) is 46.7 Å². The first kappa shape index (κ1) is 26.4. The van der Waals surface area contributed by atoms with Crippen molar-refractivity contribution in [3.8, 4) is 0 Å². The molecule has 7 rings (SSSR count). The van der Waals surface area contributed by atoms with Crippen molar-refractivity contribution in [3.05, 3.63) is 70.8 Å². The first-order valence-electron chi connectivity index (χ1n) is 14.5. The molecule has 1 aromatic heterocycles. The van der Waals surface area contributed by atoms with Crippen LogP contribution in [0.2, 0.25) is 11.6 Å². The Kier molecular flexibility index (Phi) is 6.64. The lowest BCUT2D eigenvalue weighted by Crippen LogP contribution is -2.49. The van der Waals surface area contributed by atoms with E-state index in [9.17, 15) is 8.42 Å². The van der Waals surface area contributed by atoms with E-state index in [1.807, 2.05) is 29.8 Å². The largest absolute Gasteiger partial charge is 0.379 e. The number of sulfonamides is 1. The zero-order valence-electron chi connectivity index (χ0n) is 23.3. The Labute approximate surface area is 239 Å². The van der Waals surface area contributed by atoms with E-state index >= 15 is 0 Å². The number of hydrogen-bond acceptors (Lipinski definition) is 6. The zero-order valence-corrected chi connectivity index (χ0v) is 25.2. The molecule has 1 aliphatic carbocycles. The number of ether oxygens (including phenoxy) is 1. The lowest BCUT2D eigenvalue weighted by atomic mass is 9.75. The highest BCUT2D eigenvalue weighted by molar-refractivity contribution is 7.93. The van der Waals surface area contributed by atoms with Gasteiger partial charge >= 0.3 is 0 Å². The summed E-state index contributed by atoms with van der Waals surface area (Å²) in [7, 11) is -0.680. The van der Waals surface area contributed by atoms with Crippen LogP contribution in [0.25, 0.3) is 0 Å². The van der Waals surface area contributed by atoms with E-state index in [1.54, 1.807) is 10.6 Å². The second kappa shape index (κ2) is 10.1. The van der Waals surface area contributed by atoms with Gasteiger partial charge in [-0.3, -0.25) is 9.21 Å². The summed E-state index contributed by atoms with van der Waals surface area (Å²) in [6.45, 7) is 6.94. The normalized spacial score (nSPS) is 23.9. The summed E-state index contributed by atoms with van der Waals surface area (Å²) in [5.41, 5.74) is 5.70. The summed E-state index contributed by atoms with van der Waals surface area (Å²) in [4.78, 5) is 3.05. The third-order valence-corrected chi connectivity index (χ3v) is 12.4. The molecule has 3 aliphatic heterocycles. The quantitative estimate of drug-likeness (QED) is 0.396. The highest BCUT2D eigenvalue weighted by atomic mass is 32.2. The molecule has 0 amide bonds. The second-order valence-corrected chi connectivity index (χ2v) is 16.0. The highest BCUT2D eigenvalue weighted by Gasteiger charge is 2.44. The molecule has 4 heterocycles. The van der Waals surface area contributed by atoms with E-state index in [0.717, 1.165) is 70.2 Å². The summed E-state index contributed by atoms with van der Waals surface area (Å²) < 4.78 is 37.5. The molecule has 8 nitrogen and oxygen atoms in total. The maximum absolute atomic E-state index is 14.1. The van der Waals surface area contributed by atoms with E-state index in [2.05, 4.69) is 40.2 Å².